The van der Waals surface area contributed by atoms with E-state index in [9.17, 15) is 4.79 Å². The third kappa shape index (κ3) is 5.99. The van der Waals surface area contributed by atoms with Crippen LogP contribution < -0.4 is 5.32 Å². The normalized spacial score (nSPS) is 20.3. The second-order valence-electron chi connectivity index (χ2n) is 7.82. The molecule has 2 aliphatic rings. The molecule has 0 bridgehead atoms. The maximum absolute atomic E-state index is 12.4. The van der Waals surface area contributed by atoms with Gasteiger partial charge in [0, 0.05) is 45.8 Å². The number of amides is 2. The van der Waals surface area contributed by atoms with E-state index in [1.807, 2.05) is 4.90 Å². The van der Waals surface area contributed by atoms with E-state index in [0.29, 0.717) is 0 Å². The second-order valence-corrected chi connectivity index (χ2v) is 7.82. The Balaban J connectivity index is 1.28. The van der Waals surface area contributed by atoms with Crippen LogP contribution in [0, 0.1) is 5.92 Å². The van der Waals surface area contributed by atoms with E-state index < -0.39 is 0 Å². The van der Waals surface area contributed by atoms with Crippen molar-refractivity contribution in [3.63, 3.8) is 0 Å². The summed E-state index contributed by atoms with van der Waals surface area (Å²) in [6, 6.07) is 10.7. The molecule has 2 heterocycles. The fourth-order valence-corrected chi connectivity index (χ4v) is 3.82. The van der Waals surface area contributed by atoms with Crippen LogP contribution in [0.5, 0.6) is 0 Å². The molecule has 0 unspecified atom stereocenters. The number of piperidine rings is 1. The van der Waals surface area contributed by atoms with Gasteiger partial charge in [-0.25, -0.2) is 4.79 Å². The summed E-state index contributed by atoms with van der Waals surface area (Å²) in [5.41, 5.74) is 1.39. The lowest BCUT2D eigenvalue weighted by Gasteiger charge is -2.35. The Hall–Kier alpha value is -1.59. The zero-order chi connectivity index (χ0) is 18.2. The minimum absolute atomic E-state index is 0.109. The quantitative estimate of drug-likeness (QED) is 0.848. The van der Waals surface area contributed by atoms with Crippen LogP contribution in [0.4, 0.5) is 4.79 Å². The summed E-state index contributed by atoms with van der Waals surface area (Å²) in [6.07, 6.45) is 3.67. The van der Waals surface area contributed by atoms with Crippen molar-refractivity contribution >= 4 is 6.03 Å². The molecule has 5 heteroatoms. The second kappa shape index (κ2) is 9.93. The molecule has 26 heavy (non-hydrogen) atoms. The van der Waals surface area contributed by atoms with Crippen molar-refractivity contribution in [3.05, 3.63) is 35.9 Å². The highest BCUT2D eigenvalue weighted by Crippen LogP contribution is 2.15. The van der Waals surface area contributed by atoms with Crippen molar-refractivity contribution in [3.8, 4) is 0 Å². The highest BCUT2D eigenvalue weighted by atomic mass is 16.2. The molecule has 1 aromatic carbocycles. The van der Waals surface area contributed by atoms with Gasteiger partial charge in [-0.15, -0.1) is 0 Å². The van der Waals surface area contributed by atoms with Gasteiger partial charge in [-0.05, 0) is 43.8 Å². The van der Waals surface area contributed by atoms with Crippen LogP contribution in [0.25, 0.3) is 0 Å². The van der Waals surface area contributed by atoms with Crippen LogP contribution in [0.3, 0.4) is 0 Å². The Labute approximate surface area is 158 Å². The van der Waals surface area contributed by atoms with Crippen molar-refractivity contribution in [2.24, 2.45) is 5.92 Å². The van der Waals surface area contributed by atoms with E-state index in [0.717, 1.165) is 58.2 Å². The maximum atomic E-state index is 12.4. The molecule has 0 saturated carbocycles. The van der Waals surface area contributed by atoms with Crippen molar-refractivity contribution in [1.29, 1.82) is 0 Å². The average Bonchev–Trinajstić information content (AvgIpc) is 2.69. The van der Waals surface area contributed by atoms with Crippen LogP contribution in [0.15, 0.2) is 30.3 Å². The van der Waals surface area contributed by atoms with Gasteiger partial charge in [-0.1, -0.05) is 37.3 Å². The molecule has 144 valence electrons. The molecule has 0 radical (unpaired) electrons. The van der Waals surface area contributed by atoms with Gasteiger partial charge >= 0.3 is 6.03 Å². The monoisotopic (exact) mass is 358 g/mol. The summed E-state index contributed by atoms with van der Waals surface area (Å²) < 4.78 is 0. The zero-order valence-electron chi connectivity index (χ0n) is 16.2. The van der Waals surface area contributed by atoms with Crippen LogP contribution in [-0.2, 0) is 6.42 Å². The number of likely N-dealkylation sites (tertiary alicyclic amines) is 1. The van der Waals surface area contributed by atoms with Crippen LogP contribution >= 0.6 is 0 Å². The van der Waals surface area contributed by atoms with E-state index in [2.05, 4.69) is 52.4 Å². The van der Waals surface area contributed by atoms with Crippen LogP contribution in [0.1, 0.15) is 25.3 Å². The molecule has 2 aliphatic heterocycles. The van der Waals surface area contributed by atoms with Crippen LogP contribution in [0.2, 0.25) is 0 Å². The summed E-state index contributed by atoms with van der Waals surface area (Å²) in [5, 5.41) is 3.11. The lowest BCUT2D eigenvalue weighted by atomic mass is 9.99. The first-order chi connectivity index (χ1) is 12.7. The first-order valence-electron chi connectivity index (χ1n) is 10.2. The number of hydrogen-bond acceptors (Lipinski definition) is 3. The van der Waals surface area contributed by atoms with Crippen molar-refractivity contribution in [2.75, 3.05) is 58.9 Å². The Morgan fingerprint density at radius 3 is 2.31 bits per heavy atom. The minimum Gasteiger partial charge on any atom is -0.337 e. The Bertz CT molecular complexity index is 534. The van der Waals surface area contributed by atoms with E-state index in [1.54, 1.807) is 0 Å². The number of nitrogens with zero attached hydrogens (tertiary/aromatic N) is 3. The number of urea groups is 1. The van der Waals surface area contributed by atoms with Gasteiger partial charge in [0.1, 0.15) is 0 Å². The SMILES string of the molecule is CC1CCN(CCNC(=O)N2CCN(CCc3ccccc3)CC2)CC1. The number of rotatable bonds is 6. The highest BCUT2D eigenvalue weighted by Gasteiger charge is 2.21. The molecule has 1 aromatic rings. The smallest absolute Gasteiger partial charge is 0.317 e. The minimum atomic E-state index is 0.109. The van der Waals surface area contributed by atoms with Crippen molar-refractivity contribution < 1.29 is 4.79 Å². The predicted molar refractivity (Wildman–Crippen MR) is 106 cm³/mol. The molecule has 0 aromatic heterocycles. The predicted octanol–water partition coefficient (Wildman–Crippen LogP) is 2.29. The molecule has 1 N–H and O–H groups in total. The number of hydrogen-bond donors (Lipinski definition) is 1. The van der Waals surface area contributed by atoms with Crippen LogP contribution in [-0.4, -0.2) is 79.6 Å². The van der Waals surface area contributed by atoms with E-state index in [1.165, 1.54) is 31.5 Å². The van der Waals surface area contributed by atoms with Gasteiger partial charge in [-0.3, -0.25) is 4.90 Å². The molecule has 0 aliphatic carbocycles. The molecule has 2 fully saturated rings. The maximum Gasteiger partial charge on any atom is 0.317 e. The van der Waals surface area contributed by atoms with Gasteiger partial charge in [-0.2, -0.15) is 0 Å². The molecule has 3 rings (SSSR count). The third-order valence-electron chi connectivity index (χ3n) is 5.80. The lowest BCUT2D eigenvalue weighted by Crippen LogP contribution is -2.52. The van der Waals surface area contributed by atoms with Crippen molar-refractivity contribution in [2.45, 2.75) is 26.2 Å². The first-order valence-corrected chi connectivity index (χ1v) is 10.2. The van der Waals surface area contributed by atoms with E-state index >= 15 is 0 Å². The average molecular weight is 359 g/mol. The first kappa shape index (κ1) is 19.2. The fraction of sp³-hybridized carbons (Fsp3) is 0.667. The van der Waals surface area contributed by atoms with E-state index in [-0.39, 0.29) is 6.03 Å². The van der Waals surface area contributed by atoms with Gasteiger partial charge in [0.05, 0.1) is 0 Å². The number of carbonyl (C=O) groups excluding carboxylic acids is 1. The summed E-state index contributed by atoms with van der Waals surface area (Å²) in [4.78, 5) is 19.3. The molecule has 2 saturated heterocycles. The number of carbonyl (C=O) groups is 1. The Morgan fingerprint density at radius 2 is 1.62 bits per heavy atom. The Kier molecular flexibility index (Phi) is 7.32. The van der Waals surface area contributed by atoms with Crippen molar-refractivity contribution in [1.82, 2.24) is 20.0 Å². The molecule has 5 nitrogen and oxygen atoms in total. The van der Waals surface area contributed by atoms with Gasteiger partial charge in [0.25, 0.3) is 0 Å². The third-order valence-corrected chi connectivity index (χ3v) is 5.80. The summed E-state index contributed by atoms with van der Waals surface area (Å²) in [5.74, 6) is 0.860. The number of nitrogens with one attached hydrogen (secondary N) is 1. The molecular weight excluding hydrogens is 324 g/mol. The molecule has 2 amide bonds. The molecular formula is C21H34N4O. The number of benzene rings is 1. The van der Waals surface area contributed by atoms with Gasteiger partial charge < -0.3 is 15.1 Å². The standard InChI is InChI=1S/C21H34N4O/c1-19-7-11-23(12-8-19)14-10-22-21(26)25-17-15-24(16-18-25)13-9-20-5-3-2-4-6-20/h2-6,19H,7-18H2,1H3,(H,22,26). The fourth-order valence-electron chi connectivity index (χ4n) is 3.82. The lowest BCUT2D eigenvalue weighted by molar-refractivity contribution is 0.138. The summed E-state index contributed by atoms with van der Waals surface area (Å²) in [7, 11) is 0. The largest absolute Gasteiger partial charge is 0.337 e. The summed E-state index contributed by atoms with van der Waals surface area (Å²) in [6.45, 7) is 11.1. The Morgan fingerprint density at radius 1 is 0.962 bits per heavy atom. The highest BCUT2D eigenvalue weighted by molar-refractivity contribution is 5.74. The topological polar surface area (TPSA) is 38.8 Å². The molecule has 0 atom stereocenters. The van der Waals surface area contributed by atoms with E-state index in [4.69, 9.17) is 0 Å². The van der Waals surface area contributed by atoms with Gasteiger partial charge in [0.15, 0.2) is 0 Å². The zero-order valence-corrected chi connectivity index (χ0v) is 16.2. The molecule has 0 spiro atoms. The summed E-state index contributed by atoms with van der Waals surface area (Å²) >= 11 is 0. The van der Waals surface area contributed by atoms with Gasteiger partial charge in [0.2, 0.25) is 0 Å². The number of piperazine rings is 1.